The standard InChI is InChI=1S/C16H21N3O/c1-19(13-5-7-17-8-6-13)14-9-12-10-15(20-2)3-4-16(12)18-11-14/h3-4,9-11,13,17H,5-8H2,1-2H3. The van der Waals surface area contributed by atoms with Crippen LogP contribution in [0.1, 0.15) is 12.8 Å². The zero-order chi connectivity index (χ0) is 13.9. The first-order valence-electron chi connectivity index (χ1n) is 7.15. The number of hydrogen-bond acceptors (Lipinski definition) is 4. The fraction of sp³-hybridized carbons (Fsp3) is 0.438. The Hall–Kier alpha value is -1.81. The van der Waals surface area contributed by atoms with Gasteiger partial charge in [-0.05, 0) is 50.2 Å². The lowest BCUT2D eigenvalue weighted by Gasteiger charge is -2.33. The van der Waals surface area contributed by atoms with Gasteiger partial charge >= 0.3 is 0 Å². The van der Waals surface area contributed by atoms with Crippen LogP contribution in [0, 0.1) is 0 Å². The van der Waals surface area contributed by atoms with E-state index in [0.717, 1.165) is 29.7 Å². The fourth-order valence-corrected chi connectivity index (χ4v) is 2.82. The van der Waals surface area contributed by atoms with E-state index in [4.69, 9.17) is 4.74 Å². The zero-order valence-electron chi connectivity index (χ0n) is 12.1. The Morgan fingerprint density at radius 1 is 1.25 bits per heavy atom. The Morgan fingerprint density at radius 2 is 2.05 bits per heavy atom. The highest BCUT2D eigenvalue weighted by atomic mass is 16.5. The van der Waals surface area contributed by atoms with E-state index in [1.165, 1.54) is 18.5 Å². The number of benzene rings is 1. The number of hydrogen-bond donors (Lipinski definition) is 1. The van der Waals surface area contributed by atoms with Crippen molar-refractivity contribution in [2.24, 2.45) is 0 Å². The number of nitrogens with one attached hydrogen (secondary N) is 1. The first-order valence-corrected chi connectivity index (χ1v) is 7.15. The molecule has 0 radical (unpaired) electrons. The number of nitrogens with zero attached hydrogens (tertiary/aromatic N) is 2. The summed E-state index contributed by atoms with van der Waals surface area (Å²) >= 11 is 0. The van der Waals surface area contributed by atoms with Crippen LogP contribution in [0.25, 0.3) is 10.9 Å². The van der Waals surface area contributed by atoms with E-state index in [1.54, 1.807) is 7.11 Å². The van der Waals surface area contributed by atoms with Crippen molar-refractivity contribution in [2.45, 2.75) is 18.9 Å². The van der Waals surface area contributed by atoms with Gasteiger partial charge in [-0.25, -0.2) is 0 Å². The smallest absolute Gasteiger partial charge is 0.119 e. The molecule has 1 fully saturated rings. The second-order valence-corrected chi connectivity index (χ2v) is 5.34. The van der Waals surface area contributed by atoms with E-state index in [9.17, 15) is 0 Å². The van der Waals surface area contributed by atoms with Crippen LogP contribution in [-0.4, -0.2) is 38.3 Å². The van der Waals surface area contributed by atoms with E-state index in [0.29, 0.717) is 6.04 Å². The van der Waals surface area contributed by atoms with Gasteiger partial charge in [0.15, 0.2) is 0 Å². The van der Waals surface area contributed by atoms with Gasteiger partial charge in [0.05, 0.1) is 24.5 Å². The molecule has 20 heavy (non-hydrogen) atoms. The van der Waals surface area contributed by atoms with E-state index >= 15 is 0 Å². The first-order chi connectivity index (χ1) is 9.78. The minimum absolute atomic E-state index is 0.598. The molecular weight excluding hydrogens is 250 g/mol. The third-order valence-corrected chi connectivity index (χ3v) is 4.14. The summed E-state index contributed by atoms with van der Waals surface area (Å²) in [5.74, 6) is 0.876. The summed E-state index contributed by atoms with van der Waals surface area (Å²) in [6.07, 6.45) is 4.34. The number of pyridine rings is 1. The third kappa shape index (κ3) is 2.56. The number of piperidine rings is 1. The average Bonchev–Trinajstić information content (AvgIpc) is 2.54. The van der Waals surface area contributed by atoms with Gasteiger partial charge in [0.1, 0.15) is 5.75 Å². The van der Waals surface area contributed by atoms with Crippen LogP contribution in [0.15, 0.2) is 30.5 Å². The molecule has 1 aromatic carbocycles. The van der Waals surface area contributed by atoms with Gasteiger partial charge in [-0.15, -0.1) is 0 Å². The van der Waals surface area contributed by atoms with Gasteiger partial charge in [0, 0.05) is 18.5 Å². The van der Waals surface area contributed by atoms with Crippen LogP contribution in [0.3, 0.4) is 0 Å². The predicted molar refractivity (Wildman–Crippen MR) is 82.6 cm³/mol. The van der Waals surface area contributed by atoms with Crippen molar-refractivity contribution in [3.05, 3.63) is 30.5 Å². The maximum absolute atomic E-state index is 5.29. The molecule has 2 heterocycles. The highest BCUT2D eigenvalue weighted by Gasteiger charge is 2.18. The normalized spacial score (nSPS) is 16.3. The molecule has 1 saturated heterocycles. The van der Waals surface area contributed by atoms with Crippen LogP contribution in [-0.2, 0) is 0 Å². The van der Waals surface area contributed by atoms with Crippen LogP contribution in [0.2, 0.25) is 0 Å². The SMILES string of the molecule is COc1ccc2ncc(N(C)C3CCNCC3)cc2c1. The third-order valence-electron chi connectivity index (χ3n) is 4.14. The van der Waals surface area contributed by atoms with Gasteiger partial charge in [0.2, 0.25) is 0 Å². The molecule has 106 valence electrons. The van der Waals surface area contributed by atoms with Gasteiger partial charge < -0.3 is 15.0 Å². The molecule has 0 bridgehead atoms. The van der Waals surface area contributed by atoms with E-state index in [2.05, 4.69) is 28.3 Å². The van der Waals surface area contributed by atoms with Crippen molar-refractivity contribution in [1.29, 1.82) is 0 Å². The number of aromatic nitrogens is 1. The van der Waals surface area contributed by atoms with Crippen LogP contribution in [0.5, 0.6) is 5.75 Å². The molecule has 1 aliphatic rings. The van der Waals surface area contributed by atoms with E-state index in [-0.39, 0.29) is 0 Å². The maximum atomic E-state index is 5.29. The quantitative estimate of drug-likeness (QED) is 0.930. The molecule has 0 spiro atoms. The molecule has 0 atom stereocenters. The molecule has 0 unspecified atom stereocenters. The van der Waals surface area contributed by atoms with Crippen molar-refractivity contribution in [3.8, 4) is 5.75 Å². The van der Waals surface area contributed by atoms with Crippen molar-refractivity contribution in [3.63, 3.8) is 0 Å². The number of rotatable bonds is 3. The zero-order valence-corrected chi connectivity index (χ0v) is 12.1. The lowest BCUT2D eigenvalue weighted by Crippen LogP contribution is -2.41. The predicted octanol–water partition coefficient (Wildman–Crippen LogP) is 2.43. The van der Waals surface area contributed by atoms with Crippen molar-refractivity contribution in [2.75, 3.05) is 32.1 Å². The second kappa shape index (κ2) is 5.67. The molecule has 1 N–H and O–H groups in total. The molecular formula is C16H21N3O. The summed E-state index contributed by atoms with van der Waals surface area (Å²) in [6, 6.07) is 8.80. The lowest BCUT2D eigenvalue weighted by atomic mass is 10.0. The Bertz CT molecular complexity index is 593. The maximum Gasteiger partial charge on any atom is 0.119 e. The van der Waals surface area contributed by atoms with Gasteiger partial charge in [0.25, 0.3) is 0 Å². The Labute approximate surface area is 119 Å². The average molecular weight is 271 g/mol. The van der Waals surface area contributed by atoms with Crippen molar-refractivity contribution < 1.29 is 4.74 Å². The minimum Gasteiger partial charge on any atom is -0.497 e. The highest BCUT2D eigenvalue weighted by Crippen LogP contribution is 2.25. The lowest BCUT2D eigenvalue weighted by molar-refractivity contribution is 0.415. The Balaban J connectivity index is 1.90. The summed E-state index contributed by atoms with van der Waals surface area (Å²) in [6.45, 7) is 2.20. The molecule has 3 rings (SSSR count). The van der Waals surface area contributed by atoms with Crippen LogP contribution < -0.4 is 15.0 Å². The molecule has 4 heteroatoms. The largest absolute Gasteiger partial charge is 0.497 e. The Morgan fingerprint density at radius 3 is 2.80 bits per heavy atom. The topological polar surface area (TPSA) is 37.4 Å². The molecule has 1 aliphatic heterocycles. The molecule has 0 aliphatic carbocycles. The molecule has 2 aromatic rings. The van der Waals surface area contributed by atoms with Gasteiger partial charge in [-0.1, -0.05) is 0 Å². The second-order valence-electron chi connectivity index (χ2n) is 5.34. The monoisotopic (exact) mass is 271 g/mol. The molecule has 4 nitrogen and oxygen atoms in total. The minimum atomic E-state index is 0.598. The van der Waals surface area contributed by atoms with E-state index in [1.807, 2.05) is 24.4 Å². The number of fused-ring (bicyclic) bond motifs is 1. The highest BCUT2D eigenvalue weighted by molar-refractivity contribution is 5.83. The number of anilines is 1. The summed E-state index contributed by atoms with van der Waals surface area (Å²) in [4.78, 5) is 6.91. The fourth-order valence-electron chi connectivity index (χ4n) is 2.82. The van der Waals surface area contributed by atoms with Crippen LogP contribution >= 0.6 is 0 Å². The van der Waals surface area contributed by atoms with Crippen molar-refractivity contribution in [1.82, 2.24) is 10.3 Å². The van der Waals surface area contributed by atoms with Crippen LogP contribution in [0.4, 0.5) is 5.69 Å². The number of ether oxygens (including phenoxy) is 1. The summed E-state index contributed by atoms with van der Waals surface area (Å²) in [7, 11) is 3.86. The summed E-state index contributed by atoms with van der Waals surface area (Å²) < 4.78 is 5.29. The first kappa shape index (κ1) is 13.2. The summed E-state index contributed by atoms with van der Waals surface area (Å²) in [5, 5.41) is 4.53. The molecule has 1 aromatic heterocycles. The molecule has 0 amide bonds. The Kier molecular flexibility index (Phi) is 3.74. The summed E-state index contributed by atoms with van der Waals surface area (Å²) in [5.41, 5.74) is 2.19. The van der Waals surface area contributed by atoms with Gasteiger partial charge in [-0.3, -0.25) is 4.98 Å². The number of methoxy groups -OCH3 is 1. The van der Waals surface area contributed by atoms with E-state index < -0.39 is 0 Å². The molecule has 0 saturated carbocycles. The van der Waals surface area contributed by atoms with Crippen molar-refractivity contribution >= 4 is 16.6 Å². The van der Waals surface area contributed by atoms with Gasteiger partial charge in [-0.2, -0.15) is 0 Å².